The summed E-state index contributed by atoms with van der Waals surface area (Å²) in [6.45, 7) is 9.81. The molecule has 2 N–H and O–H groups in total. The maximum atomic E-state index is 5.61. The van der Waals surface area contributed by atoms with Crippen LogP contribution in [0.25, 0.3) is 0 Å². The van der Waals surface area contributed by atoms with Gasteiger partial charge in [0.15, 0.2) is 0 Å². The molecular weight excluding hydrogens is 224 g/mol. The average molecular weight is 254 g/mol. The van der Waals surface area contributed by atoms with Gasteiger partial charge in [-0.15, -0.1) is 0 Å². The minimum atomic E-state index is 0.566. The number of rotatable bonds is 8. The molecule has 0 aromatic rings. The van der Waals surface area contributed by atoms with E-state index in [0.29, 0.717) is 17.4 Å². The number of nitrogens with one attached hydrogen (secondary N) is 2. The highest BCUT2D eigenvalue weighted by molar-refractivity contribution is 4.89. The third-order valence-corrected chi connectivity index (χ3v) is 4.93. The molecule has 2 unspecified atom stereocenters. The van der Waals surface area contributed by atoms with Gasteiger partial charge in [-0.25, -0.2) is 0 Å². The van der Waals surface area contributed by atoms with E-state index < -0.39 is 0 Å². The fourth-order valence-corrected chi connectivity index (χ4v) is 3.21. The second-order valence-corrected chi connectivity index (χ2v) is 6.20. The molecule has 0 bridgehead atoms. The van der Waals surface area contributed by atoms with Gasteiger partial charge >= 0.3 is 0 Å². The van der Waals surface area contributed by atoms with Crippen molar-refractivity contribution in [2.45, 2.75) is 52.0 Å². The molecule has 1 aliphatic carbocycles. The lowest BCUT2D eigenvalue weighted by atomic mass is 9.67. The van der Waals surface area contributed by atoms with Gasteiger partial charge in [-0.1, -0.05) is 20.3 Å². The molecule has 1 saturated heterocycles. The normalized spacial score (nSPS) is 30.3. The number of hydrogen-bond acceptors (Lipinski definition) is 3. The summed E-state index contributed by atoms with van der Waals surface area (Å²) in [5.41, 5.74) is 0.631. The van der Waals surface area contributed by atoms with Gasteiger partial charge in [0.25, 0.3) is 0 Å². The van der Waals surface area contributed by atoms with Crippen LogP contribution in [0.1, 0.15) is 46.0 Å². The molecule has 0 aromatic heterocycles. The van der Waals surface area contributed by atoms with Gasteiger partial charge in [-0.2, -0.15) is 0 Å². The third-order valence-electron chi connectivity index (χ3n) is 4.93. The Bertz CT molecular complexity index is 235. The van der Waals surface area contributed by atoms with Crippen LogP contribution >= 0.6 is 0 Å². The second kappa shape index (κ2) is 6.88. The van der Waals surface area contributed by atoms with E-state index in [4.69, 9.17) is 4.74 Å². The second-order valence-electron chi connectivity index (χ2n) is 6.20. The van der Waals surface area contributed by atoms with Crippen LogP contribution in [0.2, 0.25) is 0 Å². The summed E-state index contributed by atoms with van der Waals surface area (Å²) in [4.78, 5) is 0. The van der Waals surface area contributed by atoms with Crippen molar-refractivity contribution in [1.82, 2.24) is 10.6 Å². The standard InChI is InChI=1S/C15H30N2O/c1-3-8-17-14-11-18-10-13(14)9-16-12-15(4-2)6-5-7-15/h13-14,16-17H,3-12H2,1-2H3. The van der Waals surface area contributed by atoms with Crippen molar-refractivity contribution in [3.8, 4) is 0 Å². The molecule has 0 spiro atoms. The Morgan fingerprint density at radius 2 is 2.06 bits per heavy atom. The van der Waals surface area contributed by atoms with Crippen molar-refractivity contribution in [3.05, 3.63) is 0 Å². The van der Waals surface area contributed by atoms with Crippen molar-refractivity contribution in [2.24, 2.45) is 11.3 Å². The summed E-state index contributed by atoms with van der Waals surface area (Å²) in [7, 11) is 0. The number of ether oxygens (including phenoxy) is 1. The molecule has 106 valence electrons. The molecule has 2 atom stereocenters. The van der Waals surface area contributed by atoms with Crippen LogP contribution < -0.4 is 10.6 Å². The molecule has 1 heterocycles. The molecule has 0 aromatic carbocycles. The zero-order valence-corrected chi connectivity index (χ0v) is 12.1. The van der Waals surface area contributed by atoms with E-state index in [1.165, 1.54) is 38.6 Å². The quantitative estimate of drug-likeness (QED) is 0.696. The average Bonchev–Trinajstić information content (AvgIpc) is 2.77. The predicted octanol–water partition coefficient (Wildman–Crippen LogP) is 2.17. The summed E-state index contributed by atoms with van der Waals surface area (Å²) >= 11 is 0. The first-order valence-electron chi connectivity index (χ1n) is 7.81. The van der Waals surface area contributed by atoms with Crippen LogP contribution in [0.4, 0.5) is 0 Å². The molecule has 2 rings (SSSR count). The zero-order valence-electron chi connectivity index (χ0n) is 12.1. The lowest BCUT2D eigenvalue weighted by Gasteiger charge is -2.42. The third kappa shape index (κ3) is 3.46. The van der Waals surface area contributed by atoms with Crippen molar-refractivity contribution in [3.63, 3.8) is 0 Å². The molecule has 2 fully saturated rings. The largest absolute Gasteiger partial charge is 0.379 e. The van der Waals surface area contributed by atoms with Crippen molar-refractivity contribution < 1.29 is 4.74 Å². The van der Waals surface area contributed by atoms with Gasteiger partial charge in [0.1, 0.15) is 0 Å². The summed E-state index contributed by atoms with van der Waals surface area (Å²) in [5, 5.41) is 7.31. The van der Waals surface area contributed by atoms with Crippen LogP contribution in [0.3, 0.4) is 0 Å². The van der Waals surface area contributed by atoms with E-state index in [1.807, 2.05) is 0 Å². The maximum Gasteiger partial charge on any atom is 0.0623 e. The van der Waals surface area contributed by atoms with Crippen LogP contribution in [-0.4, -0.2) is 38.9 Å². The fraction of sp³-hybridized carbons (Fsp3) is 1.00. The Morgan fingerprint density at radius 1 is 1.22 bits per heavy atom. The lowest BCUT2D eigenvalue weighted by molar-refractivity contribution is 0.120. The van der Waals surface area contributed by atoms with Crippen molar-refractivity contribution >= 4 is 0 Å². The summed E-state index contributed by atoms with van der Waals surface area (Å²) in [6.07, 6.45) is 6.82. The topological polar surface area (TPSA) is 33.3 Å². The summed E-state index contributed by atoms with van der Waals surface area (Å²) < 4.78 is 5.61. The molecule has 2 aliphatic rings. The molecule has 1 aliphatic heterocycles. The highest BCUT2D eigenvalue weighted by atomic mass is 16.5. The first kappa shape index (κ1) is 14.3. The lowest BCUT2D eigenvalue weighted by Crippen LogP contribution is -2.45. The van der Waals surface area contributed by atoms with Crippen molar-refractivity contribution in [2.75, 3.05) is 32.8 Å². The van der Waals surface area contributed by atoms with E-state index in [-0.39, 0.29) is 0 Å². The number of hydrogen-bond donors (Lipinski definition) is 2. The Kier molecular flexibility index (Phi) is 5.46. The van der Waals surface area contributed by atoms with Crippen LogP contribution in [0, 0.1) is 11.3 Å². The molecule has 3 heteroatoms. The van der Waals surface area contributed by atoms with Gasteiger partial charge in [0, 0.05) is 25.0 Å². The van der Waals surface area contributed by atoms with Gasteiger partial charge in [-0.05, 0) is 37.6 Å². The van der Waals surface area contributed by atoms with Gasteiger partial charge in [0.05, 0.1) is 13.2 Å². The minimum Gasteiger partial charge on any atom is -0.379 e. The first-order valence-corrected chi connectivity index (χ1v) is 7.81. The van der Waals surface area contributed by atoms with E-state index in [9.17, 15) is 0 Å². The van der Waals surface area contributed by atoms with Gasteiger partial charge in [-0.3, -0.25) is 0 Å². The van der Waals surface area contributed by atoms with E-state index >= 15 is 0 Å². The van der Waals surface area contributed by atoms with Crippen LogP contribution in [-0.2, 0) is 4.74 Å². The Labute approximate surface area is 112 Å². The Morgan fingerprint density at radius 3 is 2.67 bits per heavy atom. The molecule has 0 radical (unpaired) electrons. The van der Waals surface area contributed by atoms with Crippen LogP contribution in [0.5, 0.6) is 0 Å². The molecule has 18 heavy (non-hydrogen) atoms. The molecular formula is C15H30N2O. The Hall–Kier alpha value is -0.120. The Balaban J connectivity index is 1.66. The van der Waals surface area contributed by atoms with Crippen LogP contribution in [0.15, 0.2) is 0 Å². The maximum absolute atomic E-state index is 5.61. The van der Waals surface area contributed by atoms with Crippen molar-refractivity contribution in [1.29, 1.82) is 0 Å². The first-order chi connectivity index (χ1) is 8.79. The summed E-state index contributed by atoms with van der Waals surface area (Å²) in [6, 6.07) is 0.566. The fourth-order valence-electron chi connectivity index (χ4n) is 3.21. The summed E-state index contributed by atoms with van der Waals surface area (Å²) in [5.74, 6) is 0.658. The molecule has 3 nitrogen and oxygen atoms in total. The predicted molar refractivity (Wildman–Crippen MR) is 75.8 cm³/mol. The monoisotopic (exact) mass is 254 g/mol. The molecule has 0 amide bonds. The minimum absolute atomic E-state index is 0.566. The molecule has 1 saturated carbocycles. The SMILES string of the molecule is CCCNC1COCC1CNCC1(CC)CCC1. The smallest absolute Gasteiger partial charge is 0.0623 e. The highest BCUT2D eigenvalue weighted by Gasteiger charge is 2.35. The highest BCUT2D eigenvalue weighted by Crippen LogP contribution is 2.43. The van der Waals surface area contributed by atoms with E-state index in [2.05, 4.69) is 24.5 Å². The van der Waals surface area contributed by atoms with Gasteiger partial charge in [0.2, 0.25) is 0 Å². The zero-order chi connectivity index (χ0) is 12.8. The van der Waals surface area contributed by atoms with E-state index in [1.54, 1.807) is 0 Å². The van der Waals surface area contributed by atoms with Gasteiger partial charge < -0.3 is 15.4 Å². The van der Waals surface area contributed by atoms with E-state index in [0.717, 1.165) is 26.3 Å².